The highest BCUT2D eigenvalue weighted by Gasteiger charge is 2.27. The van der Waals surface area contributed by atoms with Crippen molar-refractivity contribution in [3.8, 4) is 0 Å². The van der Waals surface area contributed by atoms with E-state index in [-0.39, 0.29) is 18.1 Å². The fourth-order valence-corrected chi connectivity index (χ4v) is 2.49. The van der Waals surface area contributed by atoms with E-state index < -0.39 is 15.6 Å². The van der Waals surface area contributed by atoms with Gasteiger partial charge in [0.2, 0.25) is 10.0 Å². The Morgan fingerprint density at radius 3 is 2.21 bits per heavy atom. The smallest absolute Gasteiger partial charge is 0.244 e. The molecule has 3 N–H and O–H groups in total. The van der Waals surface area contributed by atoms with Crippen molar-refractivity contribution in [3.05, 3.63) is 24.3 Å². The fourth-order valence-electron chi connectivity index (χ4n) is 1.45. The molecule has 0 unspecified atom stereocenters. The number of para-hydroxylation sites is 1. The van der Waals surface area contributed by atoms with Crippen LogP contribution in [-0.4, -0.2) is 55.8 Å². The van der Waals surface area contributed by atoms with Gasteiger partial charge < -0.3 is 15.5 Å². The van der Waals surface area contributed by atoms with E-state index in [4.69, 9.17) is 0 Å². The van der Waals surface area contributed by atoms with Gasteiger partial charge in [-0.2, -0.15) is 0 Å². The van der Waals surface area contributed by atoms with Crippen LogP contribution in [0.5, 0.6) is 0 Å². The molecule has 7 heteroatoms. The standard InChI is InChI=1S/C12H20N2O4S/c1-12(8-15,9-16)13-10-6-4-5-7-11(10)19(17,18)14(2)3/h4-7,13,15-16H,8-9H2,1-3H3. The SMILES string of the molecule is CN(C)S(=O)(=O)c1ccccc1NC(C)(CO)CO. The summed E-state index contributed by atoms with van der Waals surface area (Å²) in [4.78, 5) is 0.105. The zero-order chi connectivity index (χ0) is 14.7. The van der Waals surface area contributed by atoms with Crippen molar-refractivity contribution >= 4 is 15.7 Å². The number of benzene rings is 1. The quantitative estimate of drug-likeness (QED) is 0.690. The Morgan fingerprint density at radius 2 is 1.74 bits per heavy atom. The first-order chi connectivity index (χ1) is 8.77. The fraction of sp³-hybridized carbons (Fsp3) is 0.500. The van der Waals surface area contributed by atoms with Gasteiger partial charge in [0, 0.05) is 14.1 Å². The predicted octanol–water partition coefficient (Wildman–Crippen LogP) is 0.0921. The average molecular weight is 288 g/mol. The molecule has 0 fully saturated rings. The third kappa shape index (κ3) is 3.44. The number of sulfonamides is 1. The van der Waals surface area contributed by atoms with Gasteiger partial charge in [-0.15, -0.1) is 0 Å². The van der Waals surface area contributed by atoms with E-state index in [2.05, 4.69) is 5.32 Å². The molecule has 0 radical (unpaired) electrons. The summed E-state index contributed by atoms with van der Waals surface area (Å²) >= 11 is 0. The van der Waals surface area contributed by atoms with Gasteiger partial charge in [0.15, 0.2) is 0 Å². The molecule has 0 amide bonds. The lowest BCUT2D eigenvalue weighted by atomic mass is 10.1. The van der Waals surface area contributed by atoms with Gasteiger partial charge in [0.25, 0.3) is 0 Å². The van der Waals surface area contributed by atoms with Gasteiger partial charge in [0.1, 0.15) is 4.90 Å². The Bertz CT molecular complexity index is 524. The minimum atomic E-state index is -3.59. The summed E-state index contributed by atoms with van der Waals surface area (Å²) in [6.45, 7) is 0.964. The zero-order valence-electron chi connectivity index (χ0n) is 11.3. The van der Waals surface area contributed by atoms with E-state index in [0.29, 0.717) is 5.69 Å². The van der Waals surface area contributed by atoms with E-state index in [1.807, 2.05) is 0 Å². The minimum absolute atomic E-state index is 0.105. The zero-order valence-corrected chi connectivity index (χ0v) is 12.1. The van der Waals surface area contributed by atoms with Crippen LogP contribution in [0.2, 0.25) is 0 Å². The van der Waals surface area contributed by atoms with Gasteiger partial charge in [-0.25, -0.2) is 12.7 Å². The number of rotatable bonds is 6. The molecule has 0 aliphatic carbocycles. The molecule has 6 nitrogen and oxygen atoms in total. The van der Waals surface area contributed by atoms with E-state index in [9.17, 15) is 18.6 Å². The van der Waals surface area contributed by atoms with Crippen molar-refractivity contribution in [2.24, 2.45) is 0 Å². The molecule has 1 rings (SSSR count). The molecular formula is C12H20N2O4S. The van der Waals surface area contributed by atoms with Crippen LogP contribution in [-0.2, 0) is 10.0 Å². The summed E-state index contributed by atoms with van der Waals surface area (Å²) < 4.78 is 25.5. The highest BCUT2D eigenvalue weighted by molar-refractivity contribution is 7.89. The van der Waals surface area contributed by atoms with Crippen LogP contribution in [0.25, 0.3) is 0 Å². The lowest BCUT2D eigenvalue weighted by Gasteiger charge is -2.29. The first-order valence-electron chi connectivity index (χ1n) is 5.78. The molecule has 108 valence electrons. The molecule has 0 spiro atoms. The Kier molecular flexibility index (Phi) is 4.92. The van der Waals surface area contributed by atoms with Crippen molar-refractivity contribution in [1.29, 1.82) is 0 Å². The summed E-state index contributed by atoms with van der Waals surface area (Å²) in [6, 6.07) is 6.38. The number of nitrogens with zero attached hydrogens (tertiary/aromatic N) is 1. The van der Waals surface area contributed by atoms with Gasteiger partial charge in [0.05, 0.1) is 24.4 Å². The average Bonchev–Trinajstić information content (AvgIpc) is 2.38. The van der Waals surface area contributed by atoms with Crippen LogP contribution >= 0.6 is 0 Å². The summed E-state index contributed by atoms with van der Waals surface area (Å²) in [5, 5.41) is 21.4. The highest BCUT2D eigenvalue weighted by Crippen LogP contribution is 2.25. The third-order valence-electron chi connectivity index (χ3n) is 2.78. The second-order valence-electron chi connectivity index (χ2n) is 4.79. The van der Waals surface area contributed by atoms with Crippen LogP contribution in [0.3, 0.4) is 0 Å². The molecule has 0 saturated carbocycles. The molecule has 1 aromatic carbocycles. The Morgan fingerprint density at radius 1 is 1.21 bits per heavy atom. The van der Waals surface area contributed by atoms with Crippen LogP contribution in [0, 0.1) is 0 Å². The molecule has 0 aliphatic rings. The van der Waals surface area contributed by atoms with Gasteiger partial charge in [-0.1, -0.05) is 12.1 Å². The Hall–Kier alpha value is -1.15. The maximum atomic E-state index is 12.2. The van der Waals surface area contributed by atoms with Crippen LogP contribution in [0.15, 0.2) is 29.2 Å². The number of aliphatic hydroxyl groups is 2. The molecule has 0 heterocycles. The van der Waals surface area contributed by atoms with E-state index >= 15 is 0 Å². The number of anilines is 1. The summed E-state index contributed by atoms with van der Waals surface area (Å²) in [5.74, 6) is 0. The molecule has 0 bridgehead atoms. The lowest BCUT2D eigenvalue weighted by Crippen LogP contribution is -2.43. The molecule has 0 aromatic heterocycles. The highest BCUT2D eigenvalue weighted by atomic mass is 32.2. The predicted molar refractivity (Wildman–Crippen MR) is 73.5 cm³/mol. The van der Waals surface area contributed by atoms with Crippen LogP contribution < -0.4 is 5.32 Å². The van der Waals surface area contributed by atoms with Crippen molar-refractivity contribution in [1.82, 2.24) is 4.31 Å². The molecule has 19 heavy (non-hydrogen) atoms. The number of hydrogen-bond donors (Lipinski definition) is 3. The van der Waals surface area contributed by atoms with E-state index in [0.717, 1.165) is 4.31 Å². The second-order valence-corrected chi connectivity index (χ2v) is 6.91. The molecule has 0 aliphatic heterocycles. The Balaban J connectivity index is 3.25. The maximum absolute atomic E-state index is 12.2. The molecule has 1 aromatic rings. The van der Waals surface area contributed by atoms with Crippen LogP contribution in [0.1, 0.15) is 6.92 Å². The Labute approximate surface area is 113 Å². The molecule has 0 atom stereocenters. The molecular weight excluding hydrogens is 268 g/mol. The van der Waals surface area contributed by atoms with Crippen molar-refractivity contribution in [2.75, 3.05) is 32.6 Å². The number of hydrogen-bond acceptors (Lipinski definition) is 5. The first-order valence-corrected chi connectivity index (χ1v) is 7.22. The normalized spacial score (nSPS) is 12.7. The van der Waals surface area contributed by atoms with Gasteiger partial charge in [-0.3, -0.25) is 0 Å². The lowest BCUT2D eigenvalue weighted by molar-refractivity contribution is 0.147. The van der Waals surface area contributed by atoms with Crippen LogP contribution in [0.4, 0.5) is 5.69 Å². The summed E-state index contributed by atoms with van der Waals surface area (Å²) in [7, 11) is -0.693. The van der Waals surface area contributed by atoms with Gasteiger partial charge >= 0.3 is 0 Å². The van der Waals surface area contributed by atoms with Crippen molar-refractivity contribution in [2.45, 2.75) is 17.4 Å². The molecule has 0 saturated heterocycles. The van der Waals surface area contributed by atoms with E-state index in [1.165, 1.54) is 20.2 Å². The third-order valence-corrected chi connectivity index (χ3v) is 4.65. The number of aliphatic hydroxyl groups excluding tert-OH is 2. The van der Waals surface area contributed by atoms with Crippen molar-refractivity contribution < 1.29 is 18.6 Å². The summed E-state index contributed by atoms with van der Waals surface area (Å²) in [5.41, 5.74) is -0.639. The second kappa shape index (κ2) is 5.87. The maximum Gasteiger partial charge on any atom is 0.244 e. The number of nitrogens with one attached hydrogen (secondary N) is 1. The topological polar surface area (TPSA) is 89.9 Å². The van der Waals surface area contributed by atoms with Crippen molar-refractivity contribution in [3.63, 3.8) is 0 Å². The minimum Gasteiger partial charge on any atom is -0.394 e. The largest absolute Gasteiger partial charge is 0.394 e. The van der Waals surface area contributed by atoms with E-state index in [1.54, 1.807) is 25.1 Å². The first kappa shape index (κ1) is 15.9. The van der Waals surface area contributed by atoms with Gasteiger partial charge in [-0.05, 0) is 19.1 Å². The monoisotopic (exact) mass is 288 g/mol. The summed E-state index contributed by atoms with van der Waals surface area (Å²) in [6.07, 6.45) is 0.